The van der Waals surface area contributed by atoms with Gasteiger partial charge in [0.1, 0.15) is 0 Å². The number of carbonyl (C=O) groups excluding carboxylic acids is 1. The molecule has 3 nitrogen and oxygen atoms in total. The van der Waals surface area contributed by atoms with Crippen molar-refractivity contribution in [2.24, 2.45) is 10.5 Å². The third-order valence-electron chi connectivity index (χ3n) is 3.04. The van der Waals surface area contributed by atoms with E-state index in [2.05, 4.69) is 25.9 Å². The van der Waals surface area contributed by atoms with Crippen molar-refractivity contribution in [3.8, 4) is 0 Å². The molecule has 1 aliphatic rings. The predicted octanol–water partition coefficient (Wildman–Crippen LogP) is 3.79. The molecule has 0 fully saturated rings. The van der Waals surface area contributed by atoms with Gasteiger partial charge in [-0.25, -0.2) is 5.01 Å². The minimum Gasteiger partial charge on any atom is -0.272 e. The molecule has 1 heterocycles. The Hall–Kier alpha value is -1.35. The van der Waals surface area contributed by atoms with Gasteiger partial charge in [-0.1, -0.05) is 38.4 Å². The second-order valence-electron chi connectivity index (χ2n) is 5.61. The largest absolute Gasteiger partial charge is 0.272 e. The molecule has 0 aliphatic carbocycles. The fraction of sp³-hybridized carbons (Fsp3) is 0.429. The summed E-state index contributed by atoms with van der Waals surface area (Å²) in [5.74, 6) is -0.000144. The third-order valence-corrected chi connectivity index (χ3v) is 3.45. The van der Waals surface area contributed by atoms with Crippen LogP contribution in [0.5, 0.6) is 0 Å². The molecule has 0 saturated heterocycles. The van der Waals surface area contributed by atoms with Crippen LogP contribution >= 0.6 is 11.6 Å². The Balaban J connectivity index is 2.36. The Morgan fingerprint density at radius 2 is 2.00 bits per heavy atom. The average Bonchev–Trinajstić information content (AvgIpc) is 2.64. The first-order chi connectivity index (χ1) is 8.29. The summed E-state index contributed by atoms with van der Waals surface area (Å²) in [6.07, 6.45) is 0.384. The molecule has 1 amide bonds. The number of hydrazone groups is 1. The Morgan fingerprint density at radius 1 is 1.33 bits per heavy atom. The van der Waals surface area contributed by atoms with Crippen molar-refractivity contribution < 1.29 is 4.79 Å². The van der Waals surface area contributed by atoms with Gasteiger partial charge >= 0.3 is 0 Å². The van der Waals surface area contributed by atoms with E-state index in [0.29, 0.717) is 11.4 Å². The van der Waals surface area contributed by atoms with Crippen LogP contribution in [0.25, 0.3) is 0 Å². The quantitative estimate of drug-likeness (QED) is 0.760. The molecule has 0 atom stereocenters. The number of anilines is 1. The molecule has 2 rings (SSSR count). The second kappa shape index (κ2) is 4.39. The number of aryl methyl sites for hydroxylation is 1. The highest BCUT2D eigenvalue weighted by Crippen LogP contribution is 2.30. The Morgan fingerprint density at radius 3 is 2.50 bits per heavy atom. The van der Waals surface area contributed by atoms with Crippen LogP contribution < -0.4 is 5.01 Å². The molecule has 0 spiro atoms. The number of amides is 1. The highest BCUT2D eigenvalue weighted by atomic mass is 35.5. The van der Waals surface area contributed by atoms with Gasteiger partial charge in [0.15, 0.2) is 0 Å². The minimum atomic E-state index is -0.0844. The fourth-order valence-electron chi connectivity index (χ4n) is 1.76. The lowest BCUT2D eigenvalue weighted by Crippen LogP contribution is -2.20. The van der Waals surface area contributed by atoms with Crippen molar-refractivity contribution in [3.63, 3.8) is 0 Å². The molecule has 0 N–H and O–H groups in total. The summed E-state index contributed by atoms with van der Waals surface area (Å²) in [4.78, 5) is 12.0. The lowest BCUT2D eigenvalue weighted by molar-refractivity contribution is -0.116. The number of carbonyl (C=O) groups is 1. The lowest BCUT2D eigenvalue weighted by Gasteiger charge is -2.16. The maximum Gasteiger partial charge on any atom is 0.253 e. The summed E-state index contributed by atoms with van der Waals surface area (Å²) in [6, 6.07) is 5.55. The Bertz CT molecular complexity index is 529. The zero-order valence-corrected chi connectivity index (χ0v) is 11.9. The average molecular weight is 265 g/mol. The van der Waals surface area contributed by atoms with E-state index in [1.807, 2.05) is 19.1 Å². The first-order valence-corrected chi connectivity index (χ1v) is 6.34. The molecule has 0 aromatic heterocycles. The molecular formula is C14H17ClN2O. The lowest BCUT2D eigenvalue weighted by atomic mass is 9.88. The van der Waals surface area contributed by atoms with Crippen LogP contribution in [0.3, 0.4) is 0 Å². The third kappa shape index (κ3) is 2.41. The van der Waals surface area contributed by atoms with Gasteiger partial charge in [-0.15, -0.1) is 0 Å². The van der Waals surface area contributed by atoms with Gasteiger partial charge in [0.2, 0.25) is 0 Å². The second-order valence-corrected chi connectivity index (χ2v) is 6.02. The summed E-state index contributed by atoms with van der Waals surface area (Å²) in [5.41, 5.74) is 2.55. The van der Waals surface area contributed by atoms with E-state index in [0.717, 1.165) is 17.0 Å². The first kappa shape index (κ1) is 13.1. The highest BCUT2D eigenvalue weighted by Gasteiger charge is 2.31. The maximum absolute atomic E-state index is 12.0. The highest BCUT2D eigenvalue weighted by molar-refractivity contribution is 6.31. The molecule has 1 aromatic carbocycles. The number of halogens is 1. The van der Waals surface area contributed by atoms with E-state index in [1.54, 1.807) is 6.07 Å². The van der Waals surface area contributed by atoms with Crippen LogP contribution in [-0.2, 0) is 4.79 Å². The molecule has 4 heteroatoms. The summed E-state index contributed by atoms with van der Waals surface area (Å²) in [7, 11) is 0. The van der Waals surface area contributed by atoms with Crippen LogP contribution in [0, 0.1) is 12.3 Å². The number of benzene rings is 1. The SMILES string of the molecule is Cc1ccc(N2N=C(C(C)(C)C)CC2=O)cc1Cl. The Labute approximate surface area is 112 Å². The fourth-order valence-corrected chi connectivity index (χ4v) is 1.94. The molecule has 0 unspecified atom stereocenters. The van der Waals surface area contributed by atoms with E-state index in [-0.39, 0.29) is 11.3 Å². The molecule has 18 heavy (non-hydrogen) atoms. The van der Waals surface area contributed by atoms with E-state index in [4.69, 9.17) is 11.6 Å². The zero-order chi connectivity index (χ0) is 13.5. The normalized spacial score (nSPS) is 16.2. The molecule has 0 bridgehead atoms. The Kier molecular flexibility index (Phi) is 3.20. The van der Waals surface area contributed by atoms with Gasteiger partial charge in [0.25, 0.3) is 5.91 Å². The number of hydrogen-bond acceptors (Lipinski definition) is 2. The smallest absolute Gasteiger partial charge is 0.253 e. The van der Waals surface area contributed by atoms with Crippen molar-refractivity contribution in [1.29, 1.82) is 0 Å². The summed E-state index contributed by atoms with van der Waals surface area (Å²) in [6.45, 7) is 8.11. The van der Waals surface area contributed by atoms with Gasteiger partial charge < -0.3 is 0 Å². The van der Waals surface area contributed by atoms with Gasteiger partial charge in [-0.2, -0.15) is 5.10 Å². The van der Waals surface area contributed by atoms with Gasteiger partial charge in [-0.05, 0) is 24.6 Å². The molecule has 1 aliphatic heterocycles. The van der Waals surface area contributed by atoms with Crippen molar-refractivity contribution in [1.82, 2.24) is 0 Å². The van der Waals surface area contributed by atoms with Gasteiger partial charge in [0.05, 0.1) is 17.8 Å². The van der Waals surface area contributed by atoms with Crippen LogP contribution in [0.2, 0.25) is 5.02 Å². The van der Waals surface area contributed by atoms with Crippen LogP contribution in [-0.4, -0.2) is 11.6 Å². The molecule has 0 radical (unpaired) electrons. The summed E-state index contributed by atoms with van der Waals surface area (Å²) < 4.78 is 0. The van der Waals surface area contributed by atoms with Crippen molar-refractivity contribution >= 4 is 28.9 Å². The molecular weight excluding hydrogens is 248 g/mol. The first-order valence-electron chi connectivity index (χ1n) is 5.96. The predicted molar refractivity (Wildman–Crippen MR) is 75.2 cm³/mol. The number of rotatable bonds is 1. The zero-order valence-electron chi connectivity index (χ0n) is 11.1. The van der Waals surface area contributed by atoms with Crippen molar-refractivity contribution in [2.45, 2.75) is 34.1 Å². The monoisotopic (exact) mass is 264 g/mol. The minimum absolute atomic E-state index is 0.000144. The van der Waals surface area contributed by atoms with E-state index >= 15 is 0 Å². The maximum atomic E-state index is 12.0. The van der Waals surface area contributed by atoms with Crippen molar-refractivity contribution in [2.75, 3.05) is 5.01 Å². The van der Waals surface area contributed by atoms with Gasteiger partial charge in [-0.3, -0.25) is 4.79 Å². The van der Waals surface area contributed by atoms with E-state index < -0.39 is 0 Å². The van der Waals surface area contributed by atoms with E-state index in [9.17, 15) is 4.79 Å². The molecule has 0 saturated carbocycles. The van der Waals surface area contributed by atoms with E-state index in [1.165, 1.54) is 5.01 Å². The van der Waals surface area contributed by atoms with Crippen LogP contribution in [0.1, 0.15) is 32.8 Å². The van der Waals surface area contributed by atoms with Gasteiger partial charge in [0, 0.05) is 10.4 Å². The van der Waals surface area contributed by atoms with Crippen molar-refractivity contribution in [3.05, 3.63) is 28.8 Å². The summed E-state index contributed by atoms with van der Waals surface area (Å²) >= 11 is 6.08. The molecule has 1 aromatic rings. The van der Waals surface area contributed by atoms with Crippen LogP contribution in [0.15, 0.2) is 23.3 Å². The standard InChI is InChI=1S/C14H17ClN2O/c1-9-5-6-10(7-11(9)15)17-13(18)8-12(16-17)14(2,3)4/h5-7H,8H2,1-4H3. The number of hydrogen-bond donors (Lipinski definition) is 0. The molecule has 96 valence electrons. The summed E-state index contributed by atoms with van der Waals surface area (Å²) in [5, 5.41) is 6.53. The topological polar surface area (TPSA) is 32.7 Å². The number of nitrogens with zero attached hydrogens (tertiary/aromatic N) is 2. The van der Waals surface area contributed by atoms with Crippen LogP contribution in [0.4, 0.5) is 5.69 Å².